The number of fused-ring (bicyclic) bond motifs is 2. The quantitative estimate of drug-likeness (QED) is 0.336. The van der Waals surface area contributed by atoms with E-state index in [1.807, 2.05) is 0 Å². The van der Waals surface area contributed by atoms with E-state index in [-0.39, 0.29) is 24.3 Å². The van der Waals surface area contributed by atoms with Crippen LogP contribution in [0.4, 0.5) is 4.79 Å². The van der Waals surface area contributed by atoms with Gasteiger partial charge in [-0.3, -0.25) is 14.8 Å². The molecule has 3 amide bonds. The zero-order valence-corrected chi connectivity index (χ0v) is 15.2. The summed E-state index contributed by atoms with van der Waals surface area (Å²) in [7, 11) is -4.77. The minimum atomic E-state index is -4.77. The molecule has 2 bridgehead atoms. The maximum absolute atomic E-state index is 12.4. The molecule has 0 radical (unpaired) electrons. The Morgan fingerprint density at radius 2 is 1.92 bits per heavy atom. The van der Waals surface area contributed by atoms with Crippen molar-refractivity contribution in [1.29, 1.82) is 5.41 Å². The number of piperidine rings is 2. The van der Waals surface area contributed by atoms with Crippen molar-refractivity contribution in [2.75, 3.05) is 19.6 Å². The molecule has 3 fully saturated rings. The summed E-state index contributed by atoms with van der Waals surface area (Å²) in [4.78, 5) is 26.9. The van der Waals surface area contributed by atoms with Crippen LogP contribution in [0.15, 0.2) is 0 Å². The third-order valence-electron chi connectivity index (χ3n) is 5.13. The fraction of sp³-hybridized carbons (Fsp3) is 0.786. The fourth-order valence-corrected chi connectivity index (χ4v) is 4.17. The molecule has 26 heavy (non-hydrogen) atoms. The number of hydroxylamine groups is 2. The fourth-order valence-electron chi connectivity index (χ4n) is 3.79. The summed E-state index contributed by atoms with van der Waals surface area (Å²) in [5.41, 5.74) is 0. The SMILES string of the molecule is CC(=O)N1CCC(NC(=N)[C@@H]2CC[C@@H]3CN2C(=O)N3OS(=O)(=O)O)CC1. The Balaban J connectivity index is 1.58. The van der Waals surface area contributed by atoms with E-state index in [1.165, 1.54) is 11.8 Å². The van der Waals surface area contributed by atoms with Crippen molar-refractivity contribution in [2.45, 2.75) is 50.7 Å². The average molecular weight is 389 g/mol. The van der Waals surface area contributed by atoms with Gasteiger partial charge in [-0.2, -0.15) is 13.5 Å². The minimum Gasteiger partial charge on any atom is -0.369 e. The number of urea groups is 1. The van der Waals surface area contributed by atoms with Gasteiger partial charge in [-0.1, -0.05) is 0 Å². The first-order valence-electron chi connectivity index (χ1n) is 8.53. The van der Waals surface area contributed by atoms with E-state index in [0.717, 1.165) is 12.8 Å². The highest BCUT2D eigenvalue weighted by atomic mass is 32.3. The predicted octanol–water partition coefficient (Wildman–Crippen LogP) is -0.433. The zero-order chi connectivity index (χ0) is 19.1. The molecule has 2 atom stereocenters. The maximum Gasteiger partial charge on any atom is 0.418 e. The first-order chi connectivity index (χ1) is 12.2. The highest BCUT2D eigenvalue weighted by Crippen LogP contribution is 2.31. The second kappa shape index (κ2) is 7.00. The van der Waals surface area contributed by atoms with Crippen molar-refractivity contribution in [2.24, 2.45) is 0 Å². The molecule has 0 unspecified atom stereocenters. The van der Waals surface area contributed by atoms with E-state index in [1.54, 1.807) is 4.90 Å². The highest BCUT2D eigenvalue weighted by molar-refractivity contribution is 7.80. The van der Waals surface area contributed by atoms with Gasteiger partial charge in [0, 0.05) is 32.6 Å². The van der Waals surface area contributed by atoms with Crippen LogP contribution in [0.25, 0.3) is 0 Å². The molecule has 11 nitrogen and oxygen atoms in total. The summed E-state index contributed by atoms with van der Waals surface area (Å²) in [6.07, 6.45) is 2.42. The van der Waals surface area contributed by atoms with Crippen molar-refractivity contribution < 1.29 is 26.8 Å². The van der Waals surface area contributed by atoms with Crippen LogP contribution in [0.2, 0.25) is 0 Å². The van der Waals surface area contributed by atoms with Gasteiger partial charge in [-0.15, -0.1) is 4.28 Å². The summed E-state index contributed by atoms with van der Waals surface area (Å²) < 4.78 is 35.0. The summed E-state index contributed by atoms with van der Waals surface area (Å²) in [6, 6.07) is -1.57. The monoisotopic (exact) mass is 389 g/mol. The molecular formula is C14H23N5O6S. The van der Waals surface area contributed by atoms with Crippen LogP contribution < -0.4 is 5.32 Å². The van der Waals surface area contributed by atoms with E-state index in [9.17, 15) is 18.0 Å². The highest BCUT2D eigenvalue weighted by Gasteiger charge is 2.48. The Morgan fingerprint density at radius 3 is 2.50 bits per heavy atom. The van der Waals surface area contributed by atoms with Crippen molar-refractivity contribution in [3.8, 4) is 0 Å². The van der Waals surface area contributed by atoms with Crippen LogP contribution in [0.1, 0.15) is 32.6 Å². The van der Waals surface area contributed by atoms with Gasteiger partial charge in [0.1, 0.15) is 5.84 Å². The van der Waals surface area contributed by atoms with Crippen LogP contribution in [0.3, 0.4) is 0 Å². The second-order valence-corrected chi connectivity index (χ2v) is 7.85. The standard InChI is InChI=1S/C14H23N5O6S/c1-9(20)17-6-4-10(5-7-17)16-13(15)12-3-2-11-8-18(12)14(21)19(11)25-26(22,23)24/h10-12H,2-8H2,1H3,(H2,15,16)(H,22,23,24)/t11-,12+/m1/s1. The molecule has 12 heteroatoms. The van der Waals surface area contributed by atoms with Gasteiger partial charge in [-0.25, -0.2) is 4.79 Å². The molecule has 146 valence electrons. The largest absolute Gasteiger partial charge is 0.418 e. The molecule has 0 spiro atoms. The van der Waals surface area contributed by atoms with Gasteiger partial charge >= 0.3 is 16.4 Å². The average Bonchev–Trinajstić information content (AvgIpc) is 2.79. The van der Waals surface area contributed by atoms with Gasteiger partial charge in [0.25, 0.3) is 0 Å². The lowest BCUT2D eigenvalue weighted by atomic mass is 9.98. The van der Waals surface area contributed by atoms with Crippen LogP contribution in [0, 0.1) is 5.41 Å². The van der Waals surface area contributed by atoms with Crippen LogP contribution in [-0.2, 0) is 19.5 Å². The number of carbonyl (C=O) groups excluding carboxylic acids is 2. The van der Waals surface area contributed by atoms with Crippen molar-refractivity contribution in [3.63, 3.8) is 0 Å². The molecule has 0 aromatic carbocycles. The first kappa shape index (κ1) is 18.9. The lowest BCUT2D eigenvalue weighted by molar-refractivity contribution is -0.129. The Hall–Kier alpha value is -1.92. The van der Waals surface area contributed by atoms with Gasteiger partial charge in [-0.05, 0) is 25.7 Å². The molecule has 3 aliphatic rings. The molecule has 0 aromatic heterocycles. The number of amides is 3. The van der Waals surface area contributed by atoms with E-state index in [4.69, 9.17) is 9.96 Å². The van der Waals surface area contributed by atoms with Gasteiger partial charge in [0.15, 0.2) is 0 Å². The lowest BCUT2D eigenvalue weighted by Crippen LogP contribution is -2.53. The molecule has 3 heterocycles. The van der Waals surface area contributed by atoms with Gasteiger partial charge < -0.3 is 15.1 Å². The van der Waals surface area contributed by atoms with Crippen molar-refractivity contribution >= 4 is 28.2 Å². The van der Waals surface area contributed by atoms with Crippen molar-refractivity contribution in [1.82, 2.24) is 20.2 Å². The Morgan fingerprint density at radius 1 is 1.27 bits per heavy atom. The lowest BCUT2D eigenvalue weighted by Gasteiger charge is -2.36. The Bertz CT molecular complexity index is 705. The number of nitrogens with one attached hydrogen (secondary N) is 2. The molecule has 3 aliphatic heterocycles. The zero-order valence-electron chi connectivity index (χ0n) is 14.4. The van der Waals surface area contributed by atoms with Crippen molar-refractivity contribution in [3.05, 3.63) is 0 Å². The molecule has 0 aromatic rings. The number of carbonyl (C=O) groups is 2. The van der Waals surface area contributed by atoms with Crippen LogP contribution >= 0.6 is 0 Å². The molecular weight excluding hydrogens is 366 g/mol. The normalized spacial score (nSPS) is 27.0. The number of hydrogen-bond donors (Lipinski definition) is 3. The predicted molar refractivity (Wildman–Crippen MR) is 89.5 cm³/mol. The van der Waals surface area contributed by atoms with Crippen LogP contribution in [0.5, 0.6) is 0 Å². The molecule has 0 aliphatic carbocycles. The van der Waals surface area contributed by atoms with Gasteiger partial charge in [0.05, 0.1) is 12.1 Å². The smallest absolute Gasteiger partial charge is 0.369 e. The van der Waals surface area contributed by atoms with Gasteiger partial charge in [0.2, 0.25) is 5.91 Å². The maximum atomic E-state index is 12.4. The minimum absolute atomic E-state index is 0.0402. The molecule has 3 saturated heterocycles. The third-order valence-corrected chi connectivity index (χ3v) is 5.48. The van der Waals surface area contributed by atoms with E-state index < -0.39 is 28.5 Å². The Kier molecular flexibility index (Phi) is 5.08. The Labute approximate surface area is 151 Å². The summed E-state index contributed by atoms with van der Waals surface area (Å²) in [6.45, 7) is 3.04. The molecule has 3 rings (SSSR count). The number of amidine groups is 1. The topological polar surface area (TPSA) is 143 Å². The summed E-state index contributed by atoms with van der Waals surface area (Å²) in [5.74, 6) is 0.241. The first-order valence-corrected chi connectivity index (χ1v) is 9.89. The molecule has 3 N–H and O–H groups in total. The number of rotatable bonds is 4. The number of likely N-dealkylation sites (tertiary alicyclic amines) is 1. The second-order valence-electron chi connectivity index (χ2n) is 6.85. The van der Waals surface area contributed by atoms with E-state index in [0.29, 0.717) is 31.0 Å². The number of hydrogen-bond acceptors (Lipinski definition) is 6. The summed E-state index contributed by atoms with van der Waals surface area (Å²) >= 11 is 0. The van der Waals surface area contributed by atoms with E-state index >= 15 is 0 Å². The number of nitrogens with zero attached hydrogens (tertiary/aromatic N) is 3. The summed E-state index contributed by atoms with van der Waals surface area (Å²) in [5, 5.41) is 12.1. The third kappa shape index (κ3) is 3.91. The molecule has 0 saturated carbocycles. The van der Waals surface area contributed by atoms with E-state index in [2.05, 4.69) is 9.60 Å². The van der Waals surface area contributed by atoms with Crippen LogP contribution in [-0.4, -0.2) is 83.4 Å².